The van der Waals surface area contributed by atoms with E-state index < -0.39 is 0 Å². The van der Waals surface area contributed by atoms with E-state index >= 15 is 0 Å². The predicted molar refractivity (Wildman–Crippen MR) is 72.9 cm³/mol. The summed E-state index contributed by atoms with van der Waals surface area (Å²) in [4.78, 5) is 1.41. The largest absolute Gasteiger partial charge is 0.399 e. The molecule has 0 bridgehead atoms. The lowest BCUT2D eigenvalue weighted by molar-refractivity contribution is 0.394. The molecule has 0 aromatic heterocycles. The molecule has 2 atom stereocenters. The Kier molecular flexibility index (Phi) is 3.80. The van der Waals surface area contributed by atoms with Crippen LogP contribution >= 0.6 is 11.8 Å². The SMILES string of the molecule is Cc1cc(N)ccc1SC1CCCC(C)C1. The predicted octanol–water partition coefficient (Wildman–Crippen LogP) is 4.25. The Morgan fingerprint density at radius 3 is 2.81 bits per heavy atom. The van der Waals surface area contributed by atoms with Crippen LogP contribution in [0, 0.1) is 12.8 Å². The first-order chi connectivity index (χ1) is 7.65. The van der Waals surface area contributed by atoms with E-state index in [1.54, 1.807) is 0 Å². The molecule has 0 spiro atoms. The Hall–Kier alpha value is -0.630. The van der Waals surface area contributed by atoms with Crippen molar-refractivity contribution in [1.82, 2.24) is 0 Å². The highest BCUT2D eigenvalue weighted by Gasteiger charge is 2.20. The van der Waals surface area contributed by atoms with E-state index in [-0.39, 0.29) is 0 Å². The minimum Gasteiger partial charge on any atom is -0.399 e. The highest BCUT2D eigenvalue weighted by molar-refractivity contribution is 8.00. The van der Waals surface area contributed by atoms with Gasteiger partial charge < -0.3 is 5.73 Å². The Morgan fingerprint density at radius 2 is 2.12 bits per heavy atom. The van der Waals surface area contributed by atoms with Crippen LogP contribution in [0.1, 0.15) is 38.2 Å². The Balaban J connectivity index is 2.02. The molecule has 16 heavy (non-hydrogen) atoms. The van der Waals surface area contributed by atoms with Crippen LogP contribution in [0.2, 0.25) is 0 Å². The van der Waals surface area contributed by atoms with E-state index in [4.69, 9.17) is 5.73 Å². The molecule has 88 valence electrons. The average molecular weight is 235 g/mol. The molecule has 2 unspecified atom stereocenters. The minimum absolute atomic E-state index is 0.811. The number of benzene rings is 1. The quantitative estimate of drug-likeness (QED) is 0.776. The Labute approximate surface area is 103 Å². The number of nitrogen functional groups attached to an aromatic ring is 1. The van der Waals surface area contributed by atoms with Crippen molar-refractivity contribution in [3.63, 3.8) is 0 Å². The summed E-state index contributed by atoms with van der Waals surface area (Å²) in [6.07, 6.45) is 5.55. The zero-order valence-corrected chi connectivity index (χ0v) is 11.0. The minimum atomic E-state index is 0.811. The van der Waals surface area contributed by atoms with E-state index in [1.807, 2.05) is 17.8 Å². The second-order valence-electron chi connectivity index (χ2n) is 5.04. The second-order valence-corrected chi connectivity index (χ2v) is 6.38. The van der Waals surface area contributed by atoms with Gasteiger partial charge >= 0.3 is 0 Å². The van der Waals surface area contributed by atoms with E-state index in [2.05, 4.69) is 26.0 Å². The third kappa shape index (κ3) is 2.94. The van der Waals surface area contributed by atoms with Gasteiger partial charge in [-0.3, -0.25) is 0 Å². The van der Waals surface area contributed by atoms with Gasteiger partial charge in [0.1, 0.15) is 0 Å². The number of hydrogen-bond acceptors (Lipinski definition) is 2. The molecule has 0 aliphatic heterocycles. The summed E-state index contributed by atoms with van der Waals surface area (Å²) < 4.78 is 0. The zero-order valence-electron chi connectivity index (χ0n) is 10.2. The van der Waals surface area contributed by atoms with Crippen LogP contribution in [0.4, 0.5) is 5.69 Å². The maximum atomic E-state index is 5.77. The molecule has 0 radical (unpaired) electrons. The van der Waals surface area contributed by atoms with Crippen molar-refractivity contribution in [2.45, 2.75) is 49.7 Å². The molecule has 1 aromatic rings. The fourth-order valence-electron chi connectivity index (χ4n) is 2.47. The molecular formula is C14H21NS. The molecule has 1 saturated carbocycles. The van der Waals surface area contributed by atoms with Crippen LogP contribution in [0.15, 0.2) is 23.1 Å². The van der Waals surface area contributed by atoms with Crippen molar-refractivity contribution in [1.29, 1.82) is 0 Å². The van der Waals surface area contributed by atoms with E-state index in [9.17, 15) is 0 Å². The van der Waals surface area contributed by atoms with Crippen LogP contribution < -0.4 is 5.73 Å². The molecule has 1 fully saturated rings. The Bertz CT molecular complexity index is 362. The van der Waals surface area contributed by atoms with Crippen LogP contribution in [0.25, 0.3) is 0 Å². The first kappa shape index (κ1) is 11.8. The lowest BCUT2D eigenvalue weighted by Crippen LogP contribution is -2.15. The van der Waals surface area contributed by atoms with Gasteiger partial charge in [0.15, 0.2) is 0 Å². The van der Waals surface area contributed by atoms with Gasteiger partial charge in [-0.25, -0.2) is 0 Å². The summed E-state index contributed by atoms with van der Waals surface area (Å²) in [6, 6.07) is 6.27. The number of thioether (sulfide) groups is 1. The molecule has 0 saturated heterocycles. The molecule has 0 amide bonds. The van der Waals surface area contributed by atoms with E-state index in [1.165, 1.54) is 36.1 Å². The third-order valence-electron chi connectivity index (χ3n) is 3.38. The molecule has 2 N–H and O–H groups in total. The van der Waals surface area contributed by atoms with Gasteiger partial charge in [-0.2, -0.15) is 0 Å². The summed E-state index contributed by atoms with van der Waals surface area (Å²) in [5.41, 5.74) is 7.97. The van der Waals surface area contributed by atoms with Gasteiger partial charge in [-0.1, -0.05) is 19.8 Å². The maximum absolute atomic E-state index is 5.77. The number of nitrogens with two attached hydrogens (primary N) is 1. The molecular weight excluding hydrogens is 214 g/mol. The number of hydrogen-bond donors (Lipinski definition) is 1. The van der Waals surface area contributed by atoms with Gasteiger partial charge in [0.25, 0.3) is 0 Å². The van der Waals surface area contributed by atoms with Gasteiger partial charge in [0, 0.05) is 15.8 Å². The Morgan fingerprint density at radius 1 is 1.31 bits per heavy atom. The second kappa shape index (κ2) is 5.13. The lowest BCUT2D eigenvalue weighted by atomic mass is 9.91. The summed E-state index contributed by atoms with van der Waals surface area (Å²) >= 11 is 2.05. The van der Waals surface area contributed by atoms with Crippen molar-refractivity contribution >= 4 is 17.4 Å². The average Bonchev–Trinajstić information content (AvgIpc) is 2.22. The third-order valence-corrected chi connectivity index (χ3v) is 4.85. The highest BCUT2D eigenvalue weighted by Crippen LogP contribution is 2.37. The first-order valence-corrected chi connectivity index (χ1v) is 7.06. The first-order valence-electron chi connectivity index (χ1n) is 6.18. The van der Waals surface area contributed by atoms with Crippen LogP contribution in [-0.2, 0) is 0 Å². The fourth-order valence-corrected chi connectivity index (χ4v) is 3.93. The van der Waals surface area contributed by atoms with Crippen LogP contribution in [-0.4, -0.2) is 5.25 Å². The molecule has 2 heteroatoms. The van der Waals surface area contributed by atoms with Gasteiger partial charge in [-0.15, -0.1) is 11.8 Å². The maximum Gasteiger partial charge on any atom is 0.0317 e. The monoisotopic (exact) mass is 235 g/mol. The molecule has 2 rings (SSSR count). The van der Waals surface area contributed by atoms with Crippen molar-refractivity contribution in [3.05, 3.63) is 23.8 Å². The fraction of sp³-hybridized carbons (Fsp3) is 0.571. The number of rotatable bonds is 2. The lowest BCUT2D eigenvalue weighted by Gasteiger charge is -2.26. The number of aryl methyl sites for hydroxylation is 1. The summed E-state index contributed by atoms with van der Waals surface area (Å²) in [7, 11) is 0. The molecule has 1 aromatic carbocycles. The standard InChI is InChI=1S/C14H21NS/c1-10-4-3-5-13(8-10)16-14-7-6-12(15)9-11(14)2/h6-7,9-10,13H,3-5,8,15H2,1-2H3. The van der Waals surface area contributed by atoms with Crippen molar-refractivity contribution < 1.29 is 0 Å². The van der Waals surface area contributed by atoms with Gasteiger partial charge in [-0.05, 0) is 49.4 Å². The molecule has 1 nitrogen and oxygen atoms in total. The van der Waals surface area contributed by atoms with Crippen molar-refractivity contribution in [2.75, 3.05) is 5.73 Å². The molecule has 1 aliphatic rings. The topological polar surface area (TPSA) is 26.0 Å². The van der Waals surface area contributed by atoms with Crippen LogP contribution in [0.3, 0.4) is 0 Å². The number of anilines is 1. The summed E-state index contributed by atoms with van der Waals surface area (Å²) in [6.45, 7) is 4.54. The van der Waals surface area contributed by atoms with Crippen molar-refractivity contribution in [3.8, 4) is 0 Å². The summed E-state index contributed by atoms with van der Waals surface area (Å²) in [5, 5.41) is 0.811. The smallest absolute Gasteiger partial charge is 0.0317 e. The van der Waals surface area contributed by atoms with E-state index in [0.29, 0.717) is 0 Å². The molecule has 0 heterocycles. The molecule has 1 aliphatic carbocycles. The van der Waals surface area contributed by atoms with Gasteiger partial charge in [0.2, 0.25) is 0 Å². The highest BCUT2D eigenvalue weighted by atomic mass is 32.2. The normalized spacial score (nSPS) is 25.6. The van der Waals surface area contributed by atoms with E-state index in [0.717, 1.165) is 16.9 Å². The van der Waals surface area contributed by atoms with Gasteiger partial charge in [0.05, 0.1) is 0 Å². The van der Waals surface area contributed by atoms with Crippen molar-refractivity contribution in [2.24, 2.45) is 5.92 Å². The zero-order chi connectivity index (χ0) is 11.5. The summed E-state index contributed by atoms with van der Waals surface area (Å²) in [5.74, 6) is 0.903. The van der Waals surface area contributed by atoms with Crippen LogP contribution in [0.5, 0.6) is 0 Å².